The van der Waals surface area contributed by atoms with Crippen LogP contribution in [0.1, 0.15) is 17.5 Å². The van der Waals surface area contributed by atoms with E-state index in [2.05, 4.69) is 4.99 Å². The summed E-state index contributed by atoms with van der Waals surface area (Å²) in [4.78, 5) is 16.6. The average Bonchev–Trinajstić information content (AvgIpc) is 3.24. The molecule has 0 unspecified atom stereocenters. The lowest BCUT2D eigenvalue weighted by Crippen LogP contribution is -2.06. The molecule has 0 fully saturated rings. The Morgan fingerprint density at radius 2 is 1.66 bits per heavy atom. The van der Waals surface area contributed by atoms with E-state index in [4.69, 9.17) is 35.3 Å². The molecule has 4 rings (SSSR count). The molecule has 0 atom stereocenters. The van der Waals surface area contributed by atoms with Crippen molar-refractivity contribution in [3.63, 3.8) is 0 Å². The topological polar surface area (TPSA) is 75.6 Å². The summed E-state index contributed by atoms with van der Waals surface area (Å²) in [5, 5.41) is 0.591. The minimum absolute atomic E-state index is 0.195. The fourth-order valence-corrected chi connectivity index (χ4v) is 3.42. The molecule has 3 aromatic rings. The highest BCUT2D eigenvalue weighted by molar-refractivity contribution is 6.30. The molecule has 1 aliphatic heterocycles. The van der Waals surface area contributed by atoms with E-state index in [9.17, 15) is 4.79 Å². The number of nitrogens with zero attached hydrogens (tertiary/aromatic N) is 1. The van der Waals surface area contributed by atoms with Crippen molar-refractivity contribution in [2.45, 2.75) is 6.42 Å². The molecule has 0 radical (unpaired) electrons. The number of hydrogen-bond acceptors (Lipinski definition) is 7. The van der Waals surface area contributed by atoms with Gasteiger partial charge in [-0.15, -0.1) is 0 Å². The number of halogens is 1. The van der Waals surface area contributed by atoms with Gasteiger partial charge >= 0.3 is 5.97 Å². The average molecular weight is 494 g/mol. The molecule has 180 valence electrons. The second-order valence-corrected chi connectivity index (χ2v) is 7.92. The third kappa shape index (κ3) is 6.33. The van der Waals surface area contributed by atoms with E-state index in [0.717, 1.165) is 17.1 Å². The molecule has 0 saturated heterocycles. The summed E-state index contributed by atoms with van der Waals surface area (Å²) in [6.07, 6.45) is 2.32. The van der Waals surface area contributed by atoms with Crippen LogP contribution in [0.15, 0.2) is 77.4 Å². The summed E-state index contributed by atoms with van der Waals surface area (Å²) in [7, 11) is 3.18. The van der Waals surface area contributed by atoms with Crippen molar-refractivity contribution < 1.29 is 28.5 Å². The van der Waals surface area contributed by atoms with Crippen molar-refractivity contribution in [3.8, 4) is 23.0 Å². The maximum atomic E-state index is 12.3. The molecule has 0 N–H and O–H groups in total. The maximum Gasteiger partial charge on any atom is 0.363 e. The summed E-state index contributed by atoms with van der Waals surface area (Å²) in [6.45, 7) is 0.942. The highest BCUT2D eigenvalue weighted by Gasteiger charge is 2.24. The zero-order valence-corrected chi connectivity index (χ0v) is 20.1. The standard InChI is InChI=1S/C27H24ClNO6/c1-31-21-5-3-6-22(17-21)33-13-4-14-34-24-12-7-18(16-25(24)32-2)15-23-27(30)35-26(29-23)19-8-10-20(28)11-9-19/h3,5-12,15-17H,4,13-14H2,1-2H3/b23-15+. The van der Waals surface area contributed by atoms with E-state index in [0.29, 0.717) is 41.7 Å². The highest BCUT2D eigenvalue weighted by atomic mass is 35.5. The van der Waals surface area contributed by atoms with Crippen LogP contribution in [0.5, 0.6) is 23.0 Å². The molecular weight excluding hydrogens is 470 g/mol. The van der Waals surface area contributed by atoms with Crippen LogP contribution < -0.4 is 18.9 Å². The quantitative estimate of drug-likeness (QED) is 0.209. The highest BCUT2D eigenvalue weighted by Crippen LogP contribution is 2.30. The Morgan fingerprint density at radius 1 is 0.886 bits per heavy atom. The third-order valence-corrected chi connectivity index (χ3v) is 5.31. The number of aliphatic imine (C=N–C) groups is 1. The number of carbonyl (C=O) groups excluding carboxylic acids is 1. The van der Waals surface area contributed by atoms with Crippen LogP contribution in [-0.2, 0) is 9.53 Å². The predicted octanol–water partition coefficient (Wildman–Crippen LogP) is 5.55. The monoisotopic (exact) mass is 493 g/mol. The van der Waals surface area contributed by atoms with Crippen LogP contribution in [0.2, 0.25) is 5.02 Å². The van der Waals surface area contributed by atoms with Crippen molar-refractivity contribution in [1.29, 1.82) is 0 Å². The number of hydrogen-bond donors (Lipinski definition) is 0. The van der Waals surface area contributed by atoms with Gasteiger partial charge in [0.1, 0.15) is 11.5 Å². The van der Waals surface area contributed by atoms with Crippen molar-refractivity contribution >= 4 is 29.5 Å². The Labute approximate surface area is 208 Å². The Morgan fingerprint density at radius 3 is 2.43 bits per heavy atom. The number of methoxy groups -OCH3 is 2. The molecule has 0 bridgehead atoms. The lowest BCUT2D eigenvalue weighted by Gasteiger charge is -2.12. The van der Waals surface area contributed by atoms with E-state index >= 15 is 0 Å². The Hall–Kier alpha value is -3.97. The second-order valence-electron chi connectivity index (χ2n) is 7.48. The summed E-state index contributed by atoms with van der Waals surface area (Å²) < 4.78 is 27.6. The van der Waals surface area contributed by atoms with Gasteiger partial charge in [-0.25, -0.2) is 9.79 Å². The number of rotatable bonds is 10. The van der Waals surface area contributed by atoms with Gasteiger partial charge in [-0.3, -0.25) is 0 Å². The maximum absolute atomic E-state index is 12.3. The molecule has 7 nitrogen and oxygen atoms in total. The SMILES string of the molecule is COc1cccc(OCCCOc2ccc(/C=C3/N=C(c4ccc(Cl)cc4)OC3=O)cc2OC)c1. The van der Waals surface area contributed by atoms with Crippen molar-refractivity contribution in [2.24, 2.45) is 4.99 Å². The smallest absolute Gasteiger partial charge is 0.363 e. The van der Waals surface area contributed by atoms with Gasteiger partial charge in [-0.1, -0.05) is 23.7 Å². The first-order chi connectivity index (χ1) is 17.1. The predicted molar refractivity (Wildman–Crippen MR) is 134 cm³/mol. The Bertz CT molecular complexity index is 1250. The number of benzene rings is 3. The first-order valence-corrected chi connectivity index (χ1v) is 11.3. The molecule has 0 aromatic heterocycles. The van der Waals surface area contributed by atoms with Crippen LogP contribution in [0.3, 0.4) is 0 Å². The minimum atomic E-state index is -0.523. The van der Waals surface area contributed by atoms with E-state index in [-0.39, 0.29) is 11.6 Å². The fraction of sp³-hybridized carbons (Fsp3) is 0.185. The third-order valence-electron chi connectivity index (χ3n) is 5.06. The number of cyclic esters (lactones) is 1. The summed E-state index contributed by atoms with van der Waals surface area (Å²) in [6, 6.07) is 19.7. The molecule has 3 aromatic carbocycles. The number of esters is 1. The van der Waals surface area contributed by atoms with Crippen LogP contribution in [0, 0.1) is 0 Å². The van der Waals surface area contributed by atoms with Crippen molar-refractivity contribution in [3.05, 3.63) is 88.6 Å². The molecule has 1 aliphatic rings. The van der Waals surface area contributed by atoms with Crippen molar-refractivity contribution in [1.82, 2.24) is 0 Å². The van der Waals surface area contributed by atoms with Crippen molar-refractivity contribution in [2.75, 3.05) is 27.4 Å². The van der Waals surface area contributed by atoms with Crippen LogP contribution in [0.25, 0.3) is 6.08 Å². The molecule has 1 heterocycles. The summed E-state index contributed by atoms with van der Waals surface area (Å²) in [5.41, 5.74) is 1.59. The fourth-order valence-electron chi connectivity index (χ4n) is 3.30. The molecule has 0 saturated carbocycles. The molecule has 0 aliphatic carbocycles. The number of ether oxygens (including phenoxy) is 5. The van der Waals surface area contributed by atoms with E-state index < -0.39 is 5.97 Å². The van der Waals surface area contributed by atoms with Crippen LogP contribution in [-0.4, -0.2) is 39.3 Å². The van der Waals surface area contributed by atoms with Crippen LogP contribution >= 0.6 is 11.6 Å². The van der Waals surface area contributed by atoms with Gasteiger partial charge < -0.3 is 23.7 Å². The van der Waals surface area contributed by atoms with E-state index in [1.807, 2.05) is 30.3 Å². The normalized spacial score (nSPS) is 13.9. The zero-order chi connectivity index (χ0) is 24.6. The lowest BCUT2D eigenvalue weighted by atomic mass is 10.1. The molecule has 0 amide bonds. The van der Waals surface area contributed by atoms with Gasteiger partial charge in [-0.2, -0.15) is 0 Å². The summed E-state index contributed by atoms with van der Waals surface area (Å²) in [5.74, 6) is 2.34. The van der Waals surface area contributed by atoms with Crippen LogP contribution in [0.4, 0.5) is 0 Å². The molecular formula is C27H24ClNO6. The molecule has 35 heavy (non-hydrogen) atoms. The first-order valence-electron chi connectivity index (χ1n) is 10.9. The molecule has 0 spiro atoms. The van der Waals surface area contributed by atoms with Gasteiger partial charge in [0.15, 0.2) is 17.2 Å². The van der Waals surface area contributed by atoms with Gasteiger partial charge in [0.05, 0.1) is 27.4 Å². The summed E-state index contributed by atoms with van der Waals surface area (Å²) >= 11 is 5.92. The van der Waals surface area contributed by atoms with Gasteiger partial charge in [-0.05, 0) is 60.2 Å². The Balaban J connectivity index is 1.35. The largest absolute Gasteiger partial charge is 0.497 e. The zero-order valence-electron chi connectivity index (χ0n) is 19.3. The lowest BCUT2D eigenvalue weighted by molar-refractivity contribution is -0.129. The van der Waals surface area contributed by atoms with Gasteiger partial charge in [0.25, 0.3) is 0 Å². The van der Waals surface area contributed by atoms with Gasteiger partial charge in [0, 0.05) is 23.1 Å². The molecule has 8 heteroatoms. The first kappa shape index (κ1) is 24.2. The van der Waals surface area contributed by atoms with E-state index in [1.165, 1.54) is 0 Å². The van der Waals surface area contributed by atoms with E-state index in [1.54, 1.807) is 56.7 Å². The van der Waals surface area contributed by atoms with Gasteiger partial charge in [0.2, 0.25) is 5.90 Å². The second kappa shape index (κ2) is 11.4. The number of carbonyl (C=O) groups is 1. The minimum Gasteiger partial charge on any atom is -0.497 e. The Kier molecular flexibility index (Phi) is 7.90.